The summed E-state index contributed by atoms with van der Waals surface area (Å²) in [4.78, 5) is 4.38. The highest BCUT2D eigenvalue weighted by molar-refractivity contribution is 5.93. The maximum absolute atomic E-state index is 5.69. The summed E-state index contributed by atoms with van der Waals surface area (Å²) in [5.74, 6) is 0. The van der Waals surface area contributed by atoms with Crippen molar-refractivity contribution in [2.75, 3.05) is 11.1 Å². The van der Waals surface area contributed by atoms with Crippen molar-refractivity contribution >= 4 is 28.0 Å². The van der Waals surface area contributed by atoms with Crippen molar-refractivity contribution in [3.8, 4) is 0 Å². The smallest absolute Gasteiger partial charge is 0.0723 e. The first kappa shape index (κ1) is 11.5. The number of nitrogen functional groups attached to an aromatic ring is 1. The number of fused-ring (bicyclic) bond motifs is 1. The summed E-state index contributed by atoms with van der Waals surface area (Å²) in [5, 5.41) is 4.53. The number of hydrogen-bond donors (Lipinski definition) is 2. The largest absolute Gasteiger partial charge is 0.399 e. The van der Waals surface area contributed by atoms with Crippen LogP contribution in [0.2, 0.25) is 0 Å². The van der Waals surface area contributed by atoms with Crippen LogP contribution in [0, 0.1) is 6.92 Å². The van der Waals surface area contributed by atoms with Gasteiger partial charge in [0.1, 0.15) is 0 Å². The predicted molar refractivity (Wildman–Crippen MR) is 80.6 cm³/mol. The van der Waals surface area contributed by atoms with Gasteiger partial charge in [0, 0.05) is 28.6 Å². The topological polar surface area (TPSA) is 50.9 Å². The van der Waals surface area contributed by atoms with Crippen molar-refractivity contribution in [3.63, 3.8) is 0 Å². The number of anilines is 3. The zero-order chi connectivity index (χ0) is 13.2. The Morgan fingerprint density at radius 2 is 1.79 bits per heavy atom. The first-order valence-corrected chi connectivity index (χ1v) is 6.20. The van der Waals surface area contributed by atoms with Crippen LogP contribution in [0.5, 0.6) is 0 Å². The number of benzene rings is 2. The molecule has 3 heteroatoms. The van der Waals surface area contributed by atoms with Crippen molar-refractivity contribution in [2.24, 2.45) is 0 Å². The third-order valence-corrected chi connectivity index (χ3v) is 3.09. The first-order chi connectivity index (χ1) is 9.22. The summed E-state index contributed by atoms with van der Waals surface area (Å²) in [6, 6.07) is 15.9. The molecule has 0 bridgehead atoms. The number of aryl methyl sites for hydroxylation is 1. The van der Waals surface area contributed by atoms with Gasteiger partial charge in [-0.3, -0.25) is 4.98 Å². The second-order valence-electron chi connectivity index (χ2n) is 4.63. The monoisotopic (exact) mass is 249 g/mol. The van der Waals surface area contributed by atoms with Gasteiger partial charge in [0.15, 0.2) is 0 Å². The van der Waals surface area contributed by atoms with E-state index >= 15 is 0 Å². The van der Waals surface area contributed by atoms with E-state index in [0.717, 1.165) is 28.0 Å². The minimum atomic E-state index is 0.765. The van der Waals surface area contributed by atoms with Crippen LogP contribution in [0.4, 0.5) is 17.1 Å². The Morgan fingerprint density at radius 3 is 2.58 bits per heavy atom. The van der Waals surface area contributed by atoms with E-state index in [2.05, 4.69) is 29.4 Å². The van der Waals surface area contributed by atoms with Crippen molar-refractivity contribution in [1.29, 1.82) is 0 Å². The van der Waals surface area contributed by atoms with E-state index in [1.54, 1.807) is 0 Å². The lowest BCUT2D eigenvalue weighted by atomic mass is 10.1. The normalized spacial score (nSPS) is 10.6. The Balaban J connectivity index is 2.05. The van der Waals surface area contributed by atoms with E-state index < -0.39 is 0 Å². The van der Waals surface area contributed by atoms with Crippen LogP contribution in [0.3, 0.4) is 0 Å². The maximum atomic E-state index is 5.69. The molecule has 0 unspecified atom stereocenters. The predicted octanol–water partition coefficient (Wildman–Crippen LogP) is 3.87. The molecule has 0 saturated heterocycles. The number of nitrogens with zero attached hydrogens (tertiary/aromatic N) is 1. The average Bonchev–Trinajstić information content (AvgIpc) is 2.42. The van der Waals surface area contributed by atoms with Gasteiger partial charge in [-0.25, -0.2) is 0 Å². The molecule has 0 aliphatic carbocycles. The summed E-state index contributed by atoms with van der Waals surface area (Å²) in [6.07, 6.45) is 1.82. The second-order valence-corrected chi connectivity index (χ2v) is 4.63. The molecule has 0 spiro atoms. The lowest BCUT2D eigenvalue weighted by Gasteiger charge is -2.10. The van der Waals surface area contributed by atoms with Crippen LogP contribution >= 0.6 is 0 Å². The van der Waals surface area contributed by atoms with Gasteiger partial charge in [-0.1, -0.05) is 11.6 Å². The first-order valence-electron chi connectivity index (χ1n) is 6.20. The Labute approximate surface area is 112 Å². The fourth-order valence-electron chi connectivity index (χ4n) is 2.09. The summed E-state index contributed by atoms with van der Waals surface area (Å²) in [5.41, 5.74) is 10.7. The zero-order valence-corrected chi connectivity index (χ0v) is 10.7. The van der Waals surface area contributed by atoms with E-state index in [1.807, 2.05) is 42.6 Å². The fraction of sp³-hybridized carbons (Fsp3) is 0.0625. The minimum absolute atomic E-state index is 0.765. The summed E-state index contributed by atoms with van der Waals surface area (Å²) < 4.78 is 0. The van der Waals surface area contributed by atoms with Crippen molar-refractivity contribution < 1.29 is 0 Å². The summed E-state index contributed by atoms with van der Waals surface area (Å²) in [7, 11) is 0. The number of nitrogens with one attached hydrogen (secondary N) is 1. The maximum Gasteiger partial charge on any atom is 0.0723 e. The highest BCUT2D eigenvalue weighted by atomic mass is 14.9. The molecule has 0 saturated carbocycles. The van der Waals surface area contributed by atoms with Gasteiger partial charge < -0.3 is 11.1 Å². The molecule has 1 aromatic heterocycles. The molecule has 0 aliphatic rings. The Morgan fingerprint density at radius 1 is 1.00 bits per heavy atom. The van der Waals surface area contributed by atoms with Crippen molar-refractivity contribution in [3.05, 3.63) is 60.3 Å². The van der Waals surface area contributed by atoms with E-state index in [1.165, 1.54) is 5.56 Å². The van der Waals surface area contributed by atoms with Gasteiger partial charge >= 0.3 is 0 Å². The molecule has 3 nitrogen and oxygen atoms in total. The number of rotatable bonds is 2. The molecule has 19 heavy (non-hydrogen) atoms. The van der Waals surface area contributed by atoms with E-state index in [9.17, 15) is 0 Å². The Kier molecular flexibility index (Phi) is 2.80. The van der Waals surface area contributed by atoms with Gasteiger partial charge in [0.05, 0.1) is 5.52 Å². The molecular formula is C16H15N3. The van der Waals surface area contributed by atoms with Gasteiger partial charge in [-0.05, 0) is 49.4 Å². The Hall–Kier alpha value is -2.55. The molecule has 0 amide bonds. The Bertz CT molecular complexity index is 718. The molecule has 0 atom stereocenters. The molecule has 1 heterocycles. The van der Waals surface area contributed by atoms with E-state index in [4.69, 9.17) is 5.73 Å². The SMILES string of the molecule is Cc1ccc2nccc(Nc3ccc(N)cc3)c2c1. The highest BCUT2D eigenvalue weighted by Gasteiger charge is 2.02. The quantitative estimate of drug-likeness (QED) is 0.678. The molecular weight excluding hydrogens is 234 g/mol. The van der Waals surface area contributed by atoms with Gasteiger partial charge in [0.2, 0.25) is 0 Å². The van der Waals surface area contributed by atoms with E-state index in [0.29, 0.717) is 0 Å². The lowest BCUT2D eigenvalue weighted by molar-refractivity contribution is 1.39. The summed E-state index contributed by atoms with van der Waals surface area (Å²) >= 11 is 0. The molecule has 2 aromatic carbocycles. The van der Waals surface area contributed by atoms with Crippen LogP contribution < -0.4 is 11.1 Å². The molecule has 0 radical (unpaired) electrons. The van der Waals surface area contributed by atoms with Crippen LogP contribution in [0.1, 0.15) is 5.56 Å². The van der Waals surface area contributed by atoms with Crippen molar-refractivity contribution in [1.82, 2.24) is 4.98 Å². The zero-order valence-electron chi connectivity index (χ0n) is 10.7. The average molecular weight is 249 g/mol. The number of aromatic nitrogens is 1. The van der Waals surface area contributed by atoms with Crippen LogP contribution in [-0.4, -0.2) is 4.98 Å². The molecule has 3 rings (SSSR count). The van der Waals surface area contributed by atoms with Gasteiger partial charge in [-0.2, -0.15) is 0 Å². The van der Waals surface area contributed by atoms with E-state index in [-0.39, 0.29) is 0 Å². The lowest BCUT2D eigenvalue weighted by Crippen LogP contribution is -1.93. The second kappa shape index (κ2) is 4.61. The van der Waals surface area contributed by atoms with Crippen LogP contribution in [-0.2, 0) is 0 Å². The van der Waals surface area contributed by atoms with Gasteiger partial charge in [0.25, 0.3) is 0 Å². The fourth-order valence-corrected chi connectivity index (χ4v) is 2.09. The van der Waals surface area contributed by atoms with Crippen LogP contribution in [0.15, 0.2) is 54.7 Å². The molecule has 3 aromatic rings. The third kappa shape index (κ3) is 2.36. The minimum Gasteiger partial charge on any atom is -0.399 e. The van der Waals surface area contributed by atoms with Crippen molar-refractivity contribution in [2.45, 2.75) is 6.92 Å². The standard InChI is InChI=1S/C16H15N3/c1-11-2-7-15-14(10-11)16(8-9-18-15)19-13-5-3-12(17)4-6-13/h2-10H,17H2,1H3,(H,18,19). The number of hydrogen-bond acceptors (Lipinski definition) is 3. The van der Waals surface area contributed by atoms with Gasteiger partial charge in [-0.15, -0.1) is 0 Å². The summed E-state index contributed by atoms with van der Waals surface area (Å²) in [6.45, 7) is 2.08. The molecule has 0 aliphatic heterocycles. The number of pyridine rings is 1. The number of nitrogens with two attached hydrogens (primary N) is 1. The molecule has 3 N–H and O–H groups in total. The third-order valence-electron chi connectivity index (χ3n) is 3.09. The van der Waals surface area contributed by atoms with Crippen LogP contribution in [0.25, 0.3) is 10.9 Å². The molecule has 94 valence electrons. The highest BCUT2D eigenvalue weighted by Crippen LogP contribution is 2.26. The molecule has 0 fully saturated rings.